The number of hydrogen-bond donors (Lipinski definition) is 2. The summed E-state index contributed by atoms with van der Waals surface area (Å²) >= 11 is 0. The van der Waals surface area contributed by atoms with E-state index >= 15 is 0 Å². The predicted molar refractivity (Wildman–Crippen MR) is 76.5 cm³/mol. The van der Waals surface area contributed by atoms with E-state index in [9.17, 15) is 4.79 Å². The smallest absolute Gasteiger partial charge is 0.275 e. The summed E-state index contributed by atoms with van der Waals surface area (Å²) in [5.41, 5.74) is 7.10. The highest BCUT2D eigenvalue weighted by Crippen LogP contribution is 2.22. The monoisotopic (exact) mass is 280 g/mol. The number of nitrogens with two attached hydrogens (primary N) is 1. The largest absolute Gasteiger partial charge is 0.333 e. The van der Waals surface area contributed by atoms with Crippen molar-refractivity contribution >= 4 is 29.2 Å². The lowest BCUT2D eigenvalue weighted by atomic mass is 10.2. The maximum absolute atomic E-state index is 12.5. The Morgan fingerprint density at radius 3 is 3.05 bits per heavy atom. The Hall–Kier alpha value is -1.59. The molecule has 2 heterocycles. The fourth-order valence-electron chi connectivity index (χ4n) is 2.61. The molecule has 2 aromatic rings. The number of aromatic amines is 1. The highest BCUT2D eigenvalue weighted by atomic mass is 35.5. The van der Waals surface area contributed by atoms with Crippen LogP contribution in [0.15, 0.2) is 24.3 Å². The van der Waals surface area contributed by atoms with E-state index in [2.05, 4.69) is 10.2 Å². The van der Waals surface area contributed by atoms with Crippen molar-refractivity contribution in [2.24, 2.45) is 5.73 Å². The molecule has 1 saturated heterocycles. The molecule has 3 rings (SSSR count). The van der Waals surface area contributed by atoms with E-state index in [0.29, 0.717) is 12.2 Å². The molecule has 1 amide bonds. The van der Waals surface area contributed by atoms with Gasteiger partial charge in [-0.3, -0.25) is 9.89 Å². The van der Waals surface area contributed by atoms with E-state index in [1.165, 1.54) is 0 Å². The maximum Gasteiger partial charge on any atom is 0.275 e. The number of halogens is 1. The summed E-state index contributed by atoms with van der Waals surface area (Å²) in [6, 6.07) is 7.84. The van der Waals surface area contributed by atoms with Crippen LogP contribution in [0.25, 0.3) is 10.9 Å². The average Bonchev–Trinajstić information content (AvgIpc) is 3.04. The first-order chi connectivity index (χ1) is 8.81. The molecule has 1 aliphatic rings. The molecule has 0 radical (unpaired) electrons. The Labute approximate surface area is 117 Å². The number of fused-ring (bicyclic) bond motifs is 1. The highest BCUT2D eigenvalue weighted by Gasteiger charge is 2.30. The van der Waals surface area contributed by atoms with Gasteiger partial charge in [0.2, 0.25) is 0 Å². The summed E-state index contributed by atoms with van der Waals surface area (Å²) in [5, 5.41) is 7.93. The van der Waals surface area contributed by atoms with Crippen LogP contribution in [-0.4, -0.2) is 40.1 Å². The van der Waals surface area contributed by atoms with Crippen LogP contribution in [0.3, 0.4) is 0 Å². The van der Waals surface area contributed by atoms with Crippen LogP contribution in [0.1, 0.15) is 23.3 Å². The van der Waals surface area contributed by atoms with Gasteiger partial charge in [-0.05, 0) is 18.9 Å². The molecule has 1 fully saturated rings. The lowest BCUT2D eigenvalue weighted by molar-refractivity contribution is 0.0737. The SMILES string of the molecule is Cl.NCC1CCCN1C(=O)c1n[nH]c2ccccc12. The molecule has 0 saturated carbocycles. The van der Waals surface area contributed by atoms with Crippen molar-refractivity contribution in [3.05, 3.63) is 30.0 Å². The van der Waals surface area contributed by atoms with E-state index in [4.69, 9.17) is 5.73 Å². The molecule has 0 bridgehead atoms. The zero-order valence-corrected chi connectivity index (χ0v) is 11.3. The first-order valence-corrected chi connectivity index (χ1v) is 6.25. The van der Waals surface area contributed by atoms with Crippen molar-refractivity contribution < 1.29 is 4.79 Å². The number of aromatic nitrogens is 2. The lowest BCUT2D eigenvalue weighted by Crippen LogP contribution is -2.40. The molecule has 0 aliphatic carbocycles. The van der Waals surface area contributed by atoms with E-state index in [1.54, 1.807) is 0 Å². The highest BCUT2D eigenvalue weighted by molar-refractivity contribution is 6.04. The van der Waals surface area contributed by atoms with Crippen LogP contribution in [-0.2, 0) is 0 Å². The third kappa shape index (κ3) is 2.31. The standard InChI is InChI=1S/C13H16N4O.ClH/c14-8-9-4-3-7-17(9)13(18)12-10-5-1-2-6-11(10)15-16-12;/h1-2,5-6,9H,3-4,7-8,14H2,(H,15,16);1H. The molecule has 1 aliphatic heterocycles. The average molecular weight is 281 g/mol. The van der Waals surface area contributed by atoms with E-state index < -0.39 is 0 Å². The van der Waals surface area contributed by atoms with Gasteiger partial charge < -0.3 is 10.6 Å². The summed E-state index contributed by atoms with van der Waals surface area (Å²) in [7, 11) is 0. The van der Waals surface area contributed by atoms with Gasteiger partial charge in [-0.15, -0.1) is 12.4 Å². The third-order valence-electron chi connectivity index (χ3n) is 3.58. The molecule has 102 valence electrons. The van der Waals surface area contributed by atoms with Gasteiger partial charge in [0.1, 0.15) is 0 Å². The quantitative estimate of drug-likeness (QED) is 0.876. The van der Waals surface area contributed by atoms with Gasteiger partial charge in [0.25, 0.3) is 5.91 Å². The molecule has 1 aromatic heterocycles. The number of nitrogens with zero attached hydrogens (tertiary/aromatic N) is 2. The number of amides is 1. The van der Waals surface area contributed by atoms with Crippen LogP contribution in [0.5, 0.6) is 0 Å². The molecule has 0 spiro atoms. The normalized spacial score (nSPS) is 18.6. The maximum atomic E-state index is 12.5. The number of rotatable bonds is 2. The molecular formula is C13H17ClN4O. The third-order valence-corrected chi connectivity index (χ3v) is 3.58. The molecule has 3 N–H and O–H groups in total. The van der Waals surface area contributed by atoms with Crippen LogP contribution >= 0.6 is 12.4 Å². The van der Waals surface area contributed by atoms with E-state index in [-0.39, 0.29) is 24.4 Å². The minimum absolute atomic E-state index is 0. The summed E-state index contributed by atoms with van der Waals surface area (Å²) in [5.74, 6) is -0.0135. The minimum Gasteiger partial charge on any atom is -0.333 e. The van der Waals surface area contributed by atoms with Gasteiger partial charge in [-0.2, -0.15) is 5.10 Å². The molecule has 5 nitrogen and oxygen atoms in total. The molecule has 19 heavy (non-hydrogen) atoms. The molecular weight excluding hydrogens is 264 g/mol. The fraction of sp³-hybridized carbons (Fsp3) is 0.385. The second-order valence-corrected chi connectivity index (χ2v) is 4.65. The zero-order valence-electron chi connectivity index (χ0n) is 10.5. The predicted octanol–water partition coefficient (Wildman–Crippen LogP) is 1.55. The Morgan fingerprint density at radius 1 is 1.47 bits per heavy atom. The van der Waals surface area contributed by atoms with Gasteiger partial charge in [-0.25, -0.2) is 0 Å². The number of benzene rings is 1. The van der Waals surface area contributed by atoms with Crippen molar-refractivity contribution in [2.75, 3.05) is 13.1 Å². The number of likely N-dealkylation sites (tertiary alicyclic amines) is 1. The molecule has 6 heteroatoms. The van der Waals surface area contributed by atoms with Crippen molar-refractivity contribution in [2.45, 2.75) is 18.9 Å². The summed E-state index contributed by atoms with van der Waals surface area (Å²) in [6.07, 6.45) is 2.01. The van der Waals surface area contributed by atoms with Crippen LogP contribution in [0.2, 0.25) is 0 Å². The zero-order chi connectivity index (χ0) is 12.5. The van der Waals surface area contributed by atoms with Crippen LogP contribution in [0, 0.1) is 0 Å². The van der Waals surface area contributed by atoms with Crippen molar-refractivity contribution in [3.8, 4) is 0 Å². The van der Waals surface area contributed by atoms with E-state index in [1.807, 2.05) is 29.2 Å². The van der Waals surface area contributed by atoms with Crippen molar-refractivity contribution in [3.63, 3.8) is 0 Å². The van der Waals surface area contributed by atoms with E-state index in [0.717, 1.165) is 30.3 Å². The molecule has 1 unspecified atom stereocenters. The summed E-state index contributed by atoms with van der Waals surface area (Å²) < 4.78 is 0. The Morgan fingerprint density at radius 2 is 2.26 bits per heavy atom. The minimum atomic E-state index is -0.0135. The lowest BCUT2D eigenvalue weighted by Gasteiger charge is -2.22. The second kappa shape index (κ2) is 5.59. The van der Waals surface area contributed by atoms with Crippen LogP contribution in [0.4, 0.5) is 0 Å². The van der Waals surface area contributed by atoms with Crippen molar-refractivity contribution in [1.82, 2.24) is 15.1 Å². The second-order valence-electron chi connectivity index (χ2n) is 4.65. The number of H-pyrrole nitrogens is 1. The number of hydrogen-bond acceptors (Lipinski definition) is 3. The first kappa shape index (κ1) is 13.8. The van der Waals surface area contributed by atoms with Gasteiger partial charge in [0.15, 0.2) is 5.69 Å². The van der Waals surface area contributed by atoms with Gasteiger partial charge in [0.05, 0.1) is 5.52 Å². The first-order valence-electron chi connectivity index (χ1n) is 6.25. The fourth-order valence-corrected chi connectivity index (χ4v) is 2.61. The van der Waals surface area contributed by atoms with Gasteiger partial charge >= 0.3 is 0 Å². The van der Waals surface area contributed by atoms with Crippen LogP contribution < -0.4 is 5.73 Å². The van der Waals surface area contributed by atoms with Gasteiger partial charge in [-0.1, -0.05) is 18.2 Å². The topological polar surface area (TPSA) is 75.0 Å². The summed E-state index contributed by atoms with van der Waals surface area (Å²) in [6.45, 7) is 1.30. The van der Waals surface area contributed by atoms with Crippen molar-refractivity contribution in [1.29, 1.82) is 0 Å². The Bertz CT molecular complexity index is 583. The number of para-hydroxylation sites is 1. The molecule has 1 atom stereocenters. The Balaban J connectivity index is 0.00000133. The number of carbonyl (C=O) groups is 1. The number of nitrogens with one attached hydrogen (secondary N) is 1. The Kier molecular flexibility index (Phi) is 4.07. The molecule has 1 aromatic carbocycles. The summed E-state index contributed by atoms with van der Waals surface area (Å²) in [4.78, 5) is 14.3. The van der Waals surface area contributed by atoms with Gasteiger partial charge in [0, 0.05) is 24.5 Å². The number of carbonyl (C=O) groups excluding carboxylic acids is 1.